The third-order valence-corrected chi connectivity index (χ3v) is 6.72. The van der Waals surface area contributed by atoms with E-state index in [-0.39, 0.29) is 44.2 Å². The molecular formula is C30H42N2O6. The Morgan fingerprint density at radius 2 is 1.34 bits per heavy atom. The van der Waals surface area contributed by atoms with E-state index in [4.69, 9.17) is 9.47 Å². The first-order valence-electron chi connectivity index (χ1n) is 13.0. The maximum atomic E-state index is 12.0. The second kappa shape index (κ2) is 16.5. The summed E-state index contributed by atoms with van der Waals surface area (Å²) in [5.41, 5.74) is 1.95. The van der Waals surface area contributed by atoms with Crippen molar-refractivity contribution in [1.82, 2.24) is 9.80 Å². The quantitative estimate of drug-likeness (QED) is 0.514. The molecule has 38 heavy (non-hydrogen) atoms. The Bertz CT molecular complexity index is 969. The number of aliphatic hydroxyl groups is 1. The van der Waals surface area contributed by atoms with Crippen LogP contribution in [0.25, 0.3) is 0 Å². The highest BCUT2D eigenvalue weighted by atomic mass is 16.6. The van der Waals surface area contributed by atoms with Crippen molar-refractivity contribution < 1.29 is 29.0 Å². The highest BCUT2D eigenvalue weighted by molar-refractivity contribution is 5.69. The van der Waals surface area contributed by atoms with Crippen molar-refractivity contribution >= 4 is 18.5 Å². The molecule has 1 N–H and O–H groups in total. The fourth-order valence-electron chi connectivity index (χ4n) is 4.48. The largest absolute Gasteiger partial charge is 0.445 e. The molecule has 0 spiro atoms. The normalized spacial score (nSPS) is 19.6. The van der Waals surface area contributed by atoms with E-state index in [9.17, 15) is 19.5 Å². The maximum Gasteiger partial charge on any atom is 0.410 e. The number of piperidine rings is 2. The number of hydrogen-bond acceptors (Lipinski definition) is 6. The molecule has 3 atom stereocenters. The van der Waals surface area contributed by atoms with E-state index < -0.39 is 0 Å². The standard InChI is InChI=1S/C15H21NO3.C14H17NO3.CH4/c1-12(17)14-8-5-9-16(10-14)15(18)19-11-13-6-3-2-4-7-13;16-10-13-7-4-8-15(9-13)14(17)18-11-12-5-2-1-3-6-12;/h2-4,6-7,12,14,17H,5,8-11H2,1H3;1-3,5-6,10,13H,4,7-9,11H2;1H4/t12-,14-;13-;/m11./s1. The topological polar surface area (TPSA) is 96.4 Å². The van der Waals surface area contributed by atoms with Gasteiger partial charge in [0.05, 0.1) is 6.10 Å². The van der Waals surface area contributed by atoms with Crippen molar-refractivity contribution in [2.24, 2.45) is 11.8 Å². The van der Waals surface area contributed by atoms with Crippen LogP contribution in [0.5, 0.6) is 0 Å². The lowest BCUT2D eigenvalue weighted by Gasteiger charge is -2.33. The van der Waals surface area contributed by atoms with Gasteiger partial charge >= 0.3 is 12.2 Å². The van der Waals surface area contributed by atoms with Crippen LogP contribution >= 0.6 is 0 Å². The fraction of sp³-hybridized carbons (Fsp3) is 0.500. The van der Waals surface area contributed by atoms with Crippen LogP contribution in [-0.4, -0.2) is 65.7 Å². The molecule has 0 bridgehead atoms. The smallest absolute Gasteiger partial charge is 0.410 e. The Labute approximate surface area is 226 Å². The molecule has 2 saturated heterocycles. The predicted molar refractivity (Wildman–Crippen MR) is 146 cm³/mol. The Hall–Kier alpha value is -3.39. The lowest BCUT2D eigenvalue weighted by atomic mass is 9.94. The van der Waals surface area contributed by atoms with Gasteiger partial charge in [-0.05, 0) is 43.7 Å². The molecular weight excluding hydrogens is 484 g/mol. The summed E-state index contributed by atoms with van der Waals surface area (Å²) in [7, 11) is 0. The number of aliphatic hydroxyl groups excluding tert-OH is 1. The van der Waals surface area contributed by atoms with Crippen molar-refractivity contribution in [3.05, 3.63) is 71.8 Å². The van der Waals surface area contributed by atoms with Crippen molar-refractivity contribution in [2.75, 3.05) is 26.2 Å². The number of benzene rings is 2. The molecule has 2 heterocycles. The summed E-state index contributed by atoms with van der Waals surface area (Å²) in [5, 5.41) is 9.61. The van der Waals surface area contributed by atoms with Gasteiger partial charge in [0.2, 0.25) is 0 Å². The van der Waals surface area contributed by atoms with Crippen molar-refractivity contribution in [1.29, 1.82) is 0 Å². The van der Waals surface area contributed by atoms with Crippen molar-refractivity contribution in [3.63, 3.8) is 0 Å². The Morgan fingerprint density at radius 1 is 0.868 bits per heavy atom. The summed E-state index contributed by atoms with van der Waals surface area (Å²) < 4.78 is 10.5. The second-order valence-electron chi connectivity index (χ2n) is 9.65. The third kappa shape index (κ3) is 10.2. The molecule has 2 aromatic carbocycles. The minimum Gasteiger partial charge on any atom is -0.445 e. The lowest BCUT2D eigenvalue weighted by molar-refractivity contribution is -0.112. The van der Waals surface area contributed by atoms with Gasteiger partial charge in [0, 0.05) is 38.0 Å². The van der Waals surface area contributed by atoms with Crippen LogP contribution in [0.2, 0.25) is 0 Å². The summed E-state index contributed by atoms with van der Waals surface area (Å²) in [6, 6.07) is 19.2. The van der Waals surface area contributed by atoms with Crippen LogP contribution in [0.15, 0.2) is 60.7 Å². The fourth-order valence-corrected chi connectivity index (χ4v) is 4.48. The predicted octanol–water partition coefficient (Wildman–Crippen LogP) is 5.29. The number of amides is 2. The molecule has 2 aromatic rings. The van der Waals surface area contributed by atoms with Crippen molar-refractivity contribution in [2.45, 2.75) is 59.4 Å². The zero-order valence-corrected chi connectivity index (χ0v) is 21.5. The van der Waals surface area contributed by atoms with Crippen LogP contribution in [0.3, 0.4) is 0 Å². The summed E-state index contributed by atoms with van der Waals surface area (Å²) in [6.07, 6.45) is 3.58. The van der Waals surface area contributed by atoms with Gasteiger partial charge in [0.15, 0.2) is 0 Å². The minimum absolute atomic E-state index is 0. The van der Waals surface area contributed by atoms with Crippen LogP contribution in [0.1, 0.15) is 51.2 Å². The Balaban J connectivity index is 0.000000260. The molecule has 0 saturated carbocycles. The number of nitrogens with zero attached hydrogens (tertiary/aromatic N) is 2. The number of likely N-dealkylation sites (tertiary alicyclic amines) is 2. The van der Waals surface area contributed by atoms with Crippen LogP contribution in [0.4, 0.5) is 9.59 Å². The number of rotatable bonds is 6. The summed E-state index contributed by atoms with van der Waals surface area (Å²) in [6.45, 7) is 4.83. The van der Waals surface area contributed by atoms with Crippen LogP contribution in [-0.2, 0) is 27.5 Å². The maximum absolute atomic E-state index is 12.0. The molecule has 2 amide bonds. The van der Waals surface area contributed by atoms with E-state index in [2.05, 4.69) is 0 Å². The van der Waals surface area contributed by atoms with E-state index in [1.807, 2.05) is 60.7 Å². The first-order valence-corrected chi connectivity index (χ1v) is 13.0. The van der Waals surface area contributed by atoms with E-state index in [1.165, 1.54) is 0 Å². The van der Waals surface area contributed by atoms with Gasteiger partial charge in [-0.1, -0.05) is 68.1 Å². The van der Waals surface area contributed by atoms with Gasteiger partial charge < -0.3 is 29.2 Å². The molecule has 208 valence electrons. The summed E-state index contributed by atoms with van der Waals surface area (Å²) in [5.74, 6) is 0.126. The van der Waals surface area contributed by atoms with Gasteiger partial charge in [-0.15, -0.1) is 0 Å². The highest BCUT2D eigenvalue weighted by Crippen LogP contribution is 2.20. The molecule has 2 aliphatic rings. The third-order valence-electron chi connectivity index (χ3n) is 6.72. The molecule has 8 nitrogen and oxygen atoms in total. The number of carbonyl (C=O) groups is 3. The van der Waals surface area contributed by atoms with Gasteiger partial charge in [-0.2, -0.15) is 0 Å². The number of ether oxygens (including phenoxy) is 2. The minimum atomic E-state index is -0.371. The van der Waals surface area contributed by atoms with E-state index in [1.54, 1.807) is 16.7 Å². The van der Waals surface area contributed by atoms with Gasteiger partial charge in [0.25, 0.3) is 0 Å². The average Bonchev–Trinajstić information content (AvgIpc) is 2.96. The van der Waals surface area contributed by atoms with Crippen LogP contribution < -0.4 is 0 Å². The summed E-state index contributed by atoms with van der Waals surface area (Å²) in [4.78, 5) is 37.8. The van der Waals surface area contributed by atoms with Gasteiger partial charge in [0.1, 0.15) is 19.5 Å². The first kappa shape index (κ1) is 30.8. The number of carbonyl (C=O) groups excluding carboxylic acids is 3. The van der Waals surface area contributed by atoms with Crippen molar-refractivity contribution in [3.8, 4) is 0 Å². The number of aldehydes is 1. The zero-order valence-electron chi connectivity index (χ0n) is 21.5. The lowest BCUT2D eigenvalue weighted by Crippen LogP contribution is -2.43. The first-order chi connectivity index (χ1) is 18.0. The van der Waals surface area contributed by atoms with E-state index in [0.717, 1.165) is 49.6 Å². The molecule has 2 fully saturated rings. The summed E-state index contributed by atoms with van der Waals surface area (Å²) >= 11 is 0. The SMILES string of the molecule is C.C[C@@H](O)[C@@H]1CCCN(C(=O)OCc2ccccc2)C1.O=C[C@@H]1CCCN(C(=O)OCc2ccccc2)C1. The van der Waals surface area contributed by atoms with Gasteiger partial charge in [-0.3, -0.25) is 0 Å². The van der Waals surface area contributed by atoms with E-state index >= 15 is 0 Å². The number of hydrogen-bond donors (Lipinski definition) is 1. The molecule has 8 heteroatoms. The molecule has 0 radical (unpaired) electrons. The Kier molecular flexibility index (Phi) is 13.3. The highest BCUT2D eigenvalue weighted by Gasteiger charge is 2.27. The monoisotopic (exact) mass is 526 g/mol. The molecule has 0 aromatic heterocycles. The van der Waals surface area contributed by atoms with Gasteiger partial charge in [-0.25, -0.2) is 9.59 Å². The Morgan fingerprint density at radius 3 is 1.82 bits per heavy atom. The average molecular weight is 527 g/mol. The van der Waals surface area contributed by atoms with Crippen LogP contribution in [0, 0.1) is 11.8 Å². The molecule has 0 unspecified atom stereocenters. The molecule has 0 aliphatic carbocycles. The molecule has 4 rings (SSSR count). The molecule has 2 aliphatic heterocycles. The van der Waals surface area contributed by atoms with E-state index in [0.29, 0.717) is 26.2 Å². The zero-order chi connectivity index (χ0) is 26.5. The second-order valence-corrected chi connectivity index (χ2v) is 9.65.